The van der Waals surface area contributed by atoms with Gasteiger partial charge in [0.2, 0.25) is 0 Å². The van der Waals surface area contributed by atoms with Gasteiger partial charge in [0.25, 0.3) is 0 Å². The maximum atomic E-state index is 11.1. The molecule has 1 heterocycles. The molecule has 1 aromatic carbocycles. The Labute approximate surface area is 120 Å². The first kappa shape index (κ1) is 15.1. The SMILES string of the molecule is CS(=O)(=O)CCOc1cccc(N2CCCNCC2)c1. The van der Waals surface area contributed by atoms with Crippen LogP contribution in [0.15, 0.2) is 24.3 Å². The lowest BCUT2D eigenvalue weighted by atomic mass is 10.2. The second kappa shape index (κ2) is 6.95. The van der Waals surface area contributed by atoms with Crippen LogP contribution in [0.1, 0.15) is 6.42 Å². The second-order valence-electron chi connectivity index (χ2n) is 5.07. The van der Waals surface area contributed by atoms with Gasteiger partial charge in [-0.05, 0) is 25.1 Å². The summed E-state index contributed by atoms with van der Waals surface area (Å²) < 4.78 is 27.7. The van der Waals surface area contributed by atoms with Crippen LogP contribution in [0.5, 0.6) is 5.75 Å². The van der Waals surface area contributed by atoms with Crippen molar-refractivity contribution in [2.45, 2.75) is 6.42 Å². The van der Waals surface area contributed by atoms with Crippen LogP contribution >= 0.6 is 0 Å². The summed E-state index contributed by atoms with van der Waals surface area (Å²) in [5.41, 5.74) is 1.13. The van der Waals surface area contributed by atoms with Gasteiger partial charge in [-0.15, -0.1) is 0 Å². The Kier molecular flexibility index (Phi) is 5.25. The van der Waals surface area contributed by atoms with Crippen LogP contribution in [0, 0.1) is 0 Å². The Morgan fingerprint density at radius 1 is 1.30 bits per heavy atom. The molecule has 0 spiro atoms. The maximum absolute atomic E-state index is 11.1. The van der Waals surface area contributed by atoms with E-state index in [1.54, 1.807) is 0 Å². The highest BCUT2D eigenvalue weighted by atomic mass is 32.2. The van der Waals surface area contributed by atoms with Crippen molar-refractivity contribution < 1.29 is 13.2 Å². The number of hydrogen-bond acceptors (Lipinski definition) is 5. The highest BCUT2D eigenvalue weighted by Crippen LogP contribution is 2.21. The molecular formula is C14H22N2O3S. The van der Waals surface area contributed by atoms with Gasteiger partial charge < -0.3 is 15.0 Å². The van der Waals surface area contributed by atoms with Crippen molar-refractivity contribution in [1.29, 1.82) is 0 Å². The normalized spacial score (nSPS) is 16.8. The molecule has 1 N–H and O–H groups in total. The molecule has 1 aromatic rings. The lowest BCUT2D eigenvalue weighted by molar-refractivity contribution is 0.341. The minimum Gasteiger partial charge on any atom is -0.492 e. The van der Waals surface area contributed by atoms with E-state index in [-0.39, 0.29) is 12.4 Å². The van der Waals surface area contributed by atoms with Crippen molar-refractivity contribution in [1.82, 2.24) is 5.32 Å². The molecule has 2 rings (SSSR count). The third kappa shape index (κ3) is 5.02. The zero-order valence-electron chi connectivity index (χ0n) is 11.8. The van der Waals surface area contributed by atoms with Gasteiger partial charge in [-0.1, -0.05) is 6.07 Å². The molecule has 0 atom stereocenters. The lowest BCUT2D eigenvalue weighted by Crippen LogP contribution is -2.27. The molecule has 1 fully saturated rings. The third-order valence-electron chi connectivity index (χ3n) is 3.25. The lowest BCUT2D eigenvalue weighted by Gasteiger charge is -2.22. The monoisotopic (exact) mass is 298 g/mol. The van der Waals surface area contributed by atoms with Crippen LogP contribution in [-0.4, -0.2) is 53.2 Å². The number of benzene rings is 1. The molecule has 0 aromatic heterocycles. The average molecular weight is 298 g/mol. The van der Waals surface area contributed by atoms with Gasteiger partial charge in [0, 0.05) is 37.6 Å². The summed E-state index contributed by atoms with van der Waals surface area (Å²) in [6, 6.07) is 7.85. The predicted molar refractivity (Wildman–Crippen MR) is 81.3 cm³/mol. The fraction of sp³-hybridized carbons (Fsp3) is 0.571. The van der Waals surface area contributed by atoms with Gasteiger partial charge in [0.1, 0.15) is 12.4 Å². The van der Waals surface area contributed by atoms with Crippen molar-refractivity contribution in [2.24, 2.45) is 0 Å². The number of hydrogen-bond donors (Lipinski definition) is 1. The number of anilines is 1. The molecule has 0 aliphatic carbocycles. The minimum atomic E-state index is -2.97. The first-order chi connectivity index (χ1) is 9.54. The largest absolute Gasteiger partial charge is 0.492 e. The van der Waals surface area contributed by atoms with E-state index in [1.165, 1.54) is 6.26 Å². The highest BCUT2D eigenvalue weighted by molar-refractivity contribution is 7.90. The zero-order chi connectivity index (χ0) is 14.4. The summed E-state index contributed by atoms with van der Waals surface area (Å²) in [4.78, 5) is 2.32. The Morgan fingerprint density at radius 2 is 2.15 bits per heavy atom. The van der Waals surface area contributed by atoms with Crippen molar-refractivity contribution in [3.8, 4) is 5.75 Å². The Hall–Kier alpha value is -1.27. The standard InChI is InChI=1S/C14H22N2O3S/c1-20(17,18)11-10-19-14-5-2-4-13(12-14)16-8-3-6-15-7-9-16/h2,4-5,12,15H,3,6-11H2,1H3. The molecule has 0 amide bonds. The summed E-state index contributed by atoms with van der Waals surface area (Å²) in [6.07, 6.45) is 2.34. The van der Waals surface area contributed by atoms with Gasteiger partial charge in [0.05, 0.1) is 5.75 Å². The van der Waals surface area contributed by atoms with E-state index < -0.39 is 9.84 Å². The van der Waals surface area contributed by atoms with Crippen molar-refractivity contribution in [2.75, 3.05) is 49.7 Å². The quantitative estimate of drug-likeness (QED) is 0.875. The van der Waals surface area contributed by atoms with Crippen molar-refractivity contribution >= 4 is 15.5 Å². The molecule has 112 valence electrons. The Bertz CT molecular complexity index is 523. The van der Waals surface area contributed by atoms with Gasteiger partial charge >= 0.3 is 0 Å². The Balaban J connectivity index is 1.96. The van der Waals surface area contributed by atoms with Crippen LogP contribution in [0.2, 0.25) is 0 Å². The van der Waals surface area contributed by atoms with Gasteiger partial charge in [0.15, 0.2) is 9.84 Å². The number of ether oxygens (including phenoxy) is 1. The number of rotatable bonds is 5. The molecule has 1 aliphatic rings. The smallest absolute Gasteiger partial charge is 0.150 e. The summed E-state index contributed by atoms with van der Waals surface area (Å²) >= 11 is 0. The van der Waals surface area contributed by atoms with E-state index in [1.807, 2.05) is 18.2 Å². The van der Waals surface area contributed by atoms with Crippen LogP contribution in [0.25, 0.3) is 0 Å². The van der Waals surface area contributed by atoms with Crippen molar-refractivity contribution in [3.63, 3.8) is 0 Å². The molecular weight excluding hydrogens is 276 g/mol. The number of nitrogens with zero attached hydrogens (tertiary/aromatic N) is 1. The summed E-state index contributed by atoms with van der Waals surface area (Å²) in [5.74, 6) is 0.772. The number of nitrogens with one attached hydrogen (secondary N) is 1. The van der Waals surface area contributed by atoms with E-state index in [4.69, 9.17) is 4.74 Å². The van der Waals surface area contributed by atoms with Crippen LogP contribution in [-0.2, 0) is 9.84 Å². The summed E-state index contributed by atoms with van der Waals surface area (Å²) in [5, 5.41) is 3.37. The molecule has 1 aliphatic heterocycles. The third-order valence-corrected chi connectivity index (χ3v) is 4.15. The van der Waals surface area contributed by atoms with Crippen LogP contribution < -0.4 is 15.0 Å². The fourth-order valence-electron chi connectivity index (χ4n) is 2.18. The molecule has 6 heteroatoms. The predicted octanol–water partition coefficient (Wildman–Crippen LogP) is 0.910. The zero-order valence-corrected chi connectivity index (χ0v) is 12.7. The average Bonchev–Trinajstić information content (AvgIpc) is 2.66. The molecule has 20 heavy (non-hydrogen) atoms. The molecule has 0 radical (unpaired) electrons. The summed E-state index contributed by atoms with van der Waals surface area (Å²) in [6.45, 7) is 4.25. The highest BCUT2D eigenvalue weighted by Gasteiger charge is 2.10. The first-order valence-corrected chi connectivity index (χ1v) is 8.97. The maximum Gasteiger partial charge on any atom is 0.150 e. The van der Waals surface area contributed by atoms with Gasteiger partial charge in [-0.3, -0.25) is 0 Å². The van der Waals surface area contributed by atoms with E-state index in [2.05, 4.69) is 16.3 Å². The van der Waals surface area contributed by atoms with E-state index in [9.17, 15) is 8.42 Å². The van der Waals surface area contributed by atoms with Gasteiger partial charge in [-0.25, -0.2) is 8.42 Å². The molecule has 5 nitrogen and oxygen atoms in total. The van der Waals surface area contributed by atoms with E-state index in [0.717, 1.165) is 44.0 Å². The van der Waals surface area contributed by atoms with Crippen LogP contribution in [0.3, 0.4) is 0 Å². The van der Waals surface area contributed by atoms with E-state index >= 15 is 0 Å². The van der Waals surface area contributed by atoms with E-state index in [0.29, 0.717) is 0 Å². The number of sulfone groups is 1. The van der Waals surface area contributed by atoms with Crippen molar-refractivity contribution in [3.05, 3.63) is 24.3 Å². The van der Waals surface area contributed by atoms with Crippen LogP contribution in [0.4, 0.5) is 5.69 Å². The molecule has 1 saturated heterocycles. The molecule has 0 saturated carbocycles. The van der Waals surface area contributed by atoms with Gasteiger partial charge in [-0.2, -0.15) is 0 Å². The first-order valence-electron chi connectivity index (χ1n) is 6.91. The molecule has 0 unspecified atom stereocenters. The fourth-order valence-corrected chi connectivity index (χ4v) is 2.57. The topological polar surface area (TPSA) is 58.6 Å². The minimum absolute atomic E-state index is 0.0465. The Morgan fingerprint density at radius 3 is 2.95 bits per heavy atom. The second-order valence-corrected chi connectivity index (χ2v) is 7.33. The summed E-state index contributed by atoms with van der Waals surface area (Å²) in [7, 11) is -2.97. The molecule has 0 bridgehead atoms.